The van der Waals surface area contributed by atoms with Gasteiger partial charge < -0.3 is 5.11 Å². The molecule has 0 atom stereocenters. The van der Waals surface area contributed by atoms with Crippen molar-refractivity contribution in [1.29, 1.82) is 0 Å². The van der Waals surface area contributed by atoms with E-state index in [4.69, 9.17) is 0 Å². The number of aryl methyl sites for hydroxylation is 1. The molecule has 98 valence electrons. The Bertz CT molecular complexity index is 716. The quantitative estimate of drug-likeness (QED) is 0.852. The zero-order chi connectivity index (χ0) is 14.0. The molecule has 1 N–H and O–H groups in total. The van der Waals surface area contributed by atoms with Gasteiger partial charge in [-0.3, -0.25) is 4.79 Å². The van der Waals surface area contributed by atoms with E-state index in [1.807, 2.05) is 6.92 Å². The summed E-state index contributed by atoms with van der Waals surface area (Å²) in [4.78, 5) is 23.4. The van der Waals surface area contributed by atoms with E-state index >= 15 is 0 Å². The number of benzene rings is 1. The molecule has 0 spiro atoms. The average Bonchev–Trinajstić information content (AvgIpc) is 2.37. The van der Waals surface area contributed by atoms with Gasteiger partial charge in [-0.15, -0.1) is 6.58 Å². The molecule has 5 heteroatoms. The smallest absolute Gasteiger partial charge is 0.357 e. The molecule has 5 nitrogen and oxygen atoms in total. The minimum atomic E-state index is -1.14. The van der Waals surface area contributed by atoms with Crippen LogP contribution in [0.4, 0.5) is 0 Å². The van der Waals surface area contributed by atoms with Crippen LogP contribution >= 0.6 is 0 Å². The Morgan fingerprint density at radius 3 is 2.58 bits per heavy atom. The van der Waals surface area contributed by atoms with Gasteiger partial charge in [-0.2, -0.15) is 5.10 Å². The molecular formula is C14H14N2O3. The highest BCUT2D eigenvalue weighted by atomic mass is 16.4. The van der Waals surface area contributed by atoms with Crippen molar-refractivity contribution in [1.82, 2.24) is 9.78 Å². The Balaban J connectivity index is 2.66. The molecule has 2 rings (SSSR count). The maximum Gasteiger partial charge on any atom is 0.357 e. The zero-order valence-electron chi connectivity index (χ0n) is 10.6. The van der Waals surface area contributed by atoms with E-state index in [1.165, 1.54) is 4.68 Å². The van der Waals surface area contributed by atoms with E-state index in [0.29, 0.717) is 23.7 Å². The minimum absolute atomic E-state index is 0.100. The lowest BCUT2D eigenvalue weighted by Gasteiger charge is -2.08. The molecule has 0 bridgehead atoms. The summed E-state index contributed by atoms with van der Waals surface area (Å²) in [6.07, 6.45) is 0.588. The fourth-order valence-corrected chi connectivity index (χ4v) is 1.84. The number of nitrogens with zero attached hydrogens (tertiary/aromatic N) is 2. The Morgan fingerprint density at radius 1 is 1.37 bits per heavy atom. The maximum absolute atomic E-state index is 12.2. The summed E-state index contributed by atoms with van der Waals surface area (Å²) < 4.78 is 1.19. The van der Waals surface area contributed by atoms with Crippen LogP contribution in [0.1, 0.15) is 23.8 Å². The third kappa shape index (κ3) is 2.54. The highest BCUT2D eigenvalue weighted by molar-refractivity contribution is 6.01. The van der Waals surface area contributed by atoms with Crippen LogP contribution in [0.25, 0.3) is 10.8 Å². The second-order valence-corrected chi connectivity index (χ2v) is 4.43. The number of fused-ring (bicyclic) bond motifs is 1. The lowest BCUT2D eigenvalue weighted by atomic mass is 10.1. The van der Waals surface area contributed by atoms with Gasteiger partial charge >= 0.3 is 5.97 Å². The van der Waals surface area contributed by atoms with Gasteiger partial charge in [0.15, 0.2) is 5.69 Å². The first-order valence-corrected chi connectivity index (χ1v) is 5.88. The van der Waals surface area contributed by atoms with Crippen molar-refractivity contribution in [2.24, 2.45) is 0 Å². The van der Waals surface area contributed by atoms with E-state index in [2.05, 4.69) is 11.7 Å². The van der Waals surface area contributed by atoms with Crippen LogP contribution in [0.5, 0.6) is 0 Å². The summed E-state index contributed by atoms with van der Waals surface area (Å²) >= 11 is 0. The van der Waals surface area contributed by atoms with Crippen LogP contribution in [0, 0.1) is 0 Å². The number of allylic oxidation sites excluding steroid dienone is 1. The molecule has 2 aromatic rings. The number of hydrogen-bond donors (Lipinski definition) is 1. The topological polar surface area (TPSA) is 72.2 Å². The predicted molar refractivity (Wildman–Crippen MR) is 72.4 cm³/mol. The molecule has 0 saturated carbocycles. The van der Waals surface area contributed by atoms with Crippen LogP contribution in [0.3, 0.4) is 0 Å². The van der Waals surface area contributed by atoms with Crippen LogP contribution in [0.15, 0.2) is 41.2 Å². The Kier molecular flexibility index (Phi) is 3.46. The largest absolute Gasteiger partial charge is 0.476 e. The molecule has 1 aromatic carbocycles. The molecule has 1 heterocycles. The number of carboxylic acids is 1. The summed E-state index contributed by atoms with van der Waals surface area (Å²) in [5.41, 5.74) is 0.539. The fraction of sp³-hybridized carbons (Fsp3) is 0.214. The van der Waals surface area contributed by atoms with Crippen molar-refractivity contribution in [2.75, 3.05) is 0 Å². The van der Waals surface area contributed by atoms with E-state index in [1.54, 1.807) is 24.3 Å². The number of hydrogen-bond acceptors (Lipinski definition) is 3. The van der Waals surface area contributed by atoms with Gasteiger partial charge in [-0.25, -0.2) is 9.48 Å². The van der Waals surface area contributed by atoms with E-state index < -0.39 is 5.97 Å². The lowest BCUT2D eigenvalue weighted by molar-refractivity contribution is 0.0690. The highest BCUT2D eigenvalue weighted by Gasteiger charge is 2.15. The molecule has 0 fully saturated rings. The van der Waals surface area contributed by atoms with Crippen molar-refractivity contribution in [2.45, 2.75) is 19.9 Å². The van der Waals surface area contributed by atoms with E-state index in [-0.39, 0.29) is 11.3 Å². The third-order valence-electron chi connectivity index (χ3n) is 2.82. The Labute approximate surface area is 109 Å². The standard InChI is InChI=1S/C14H14N2O3/c1-9(2)7-8-16-13(17)11-6-4-3-5-10(11)12(15-16)14(18)19/h3-6H,1,7-8H2,2H3,(H,18,19). The first-order valence-electron chi connectivity index (χ1n) is 5.88. The zero-order valence-corrected chi connectivity index (χ0v) is 10.6. The molecule has 0 aliphatic carbocycles. The number of carbonyl (C=O) groups is 1. The van der Waals surface area contributed by atoms with Gasteiger partial charge in [0.1, 0.15) is 0 Å². The number of aromatic carboxylic acids is 1. The van der Waals surface area contributed by atoms with Crippen molar-refractivity contribution in [3.8, 4) is 0 Å². The lowest BCUT2D eigenvalue weighted by Crippen LogP contribution is -2.26. The first kappa shape index (κ1) is 13.0. The molecule has 0 radical (unpaired) electrons. The SMILES string of the molecule is C=C(C)CCn1nc(C(=O)O)c2ccccc2c1=O. The monoisotopic (exact) mass is 258 g/mol. The summed E-state index contributed by atoms with van der Waals surface area (Å²) in [6.45, 7) is 5.94. The number of carboxylic acid groups (broad SMARTS) is 1. The highest BCUT2D eigenvalue weighted by Crippen LogP contribution is 2.13. The van der Waals surface area contributed by atoms with Crippen molar-refractivity contribution in [3.63, 3.8) is 0 Å². The maximum atomic E-state index is 12.2. The molecule has 19 heavy (non-hydrogen) atoms. The van der Waals surface area contributed by atoms with Gasteiger partial charge in [0.2, 0.25) is 0 Å². The molecule has 0 aliphatic heterocycles. The van der Waals surface area contributed by atoms with Gasteiger partial charge in [0, 0.05) is 11.9 Å². The summed E-state index contributed by atoms with van der Waals surface area (Å²) in [5.74, 6) is -1.14. The van der Waals surface area contributed by atoms with Crippen molar-refractivity contribution < 1.29 is 9.90 Å². The number of aromatic nitrogens is 2. The van der Waals surface area contributed by atoms with Gasteiger partial charge in [-0.05, 0) is 19.4 Å². The van der Waals surface area contributed by atoms with E-state index in [0.717, 1.165) is 5.57 Å². The van der Waals surface area contributed by atoms with Crippen molar-refractivity contribution >= 4 is 16.7 Å². The normalized spacial score (nSPS) is 10.6. The van der Waals surface area contributed by atoms with Crippen LogP contribution < -0.4 is 5.56 Å². The van der Waals surface area contributed by atoms with Crippen LogP contribution in [-0.4, -0.2) is 20.9 Å². The molecular weight excluding hydrogens is 244 g/mol. The summed E-state index contributed by atoms with van der Waals surface area (Å²) in [7, 11) is 0. The molecule has 0 saturated heterocycles. The van der Waals surface area contributed by atoms with Gasteiger partial charge in [0.25, 0.3) is 5.56 Å². The summed E-state index contributed by atoms with van der Waals surface area (Å²) in [5, 5.41) is 13.9. The Hall–Kier alpha value is -2.43. The van der Waals surface area contributed by atoms with E-state index in [9.17, 15) is 14.7 Å². The predicted octanol–water partition coefficient (Wildman–Crippen LogP) is 2.06. The van der Waals surface area contributed by atoms with Crippen LogP contribution in [-0.2, 0) is 6.54 Å². The molecule has 1 aromatic heterocycles. The van der Waals surface area contributed by atoms with Crippen molar-refractivity contribution in [3.05, 3.63) is 52.5 Å². The van der Waals surface area contributed by atoms with Gasteiger partial charge in [-0.1, -0.05) is 23.8 Å². The second kappa shape index (κ2) is 5.06. The first-order chi connectivity index (χ1) is 9.00. The second-order valence-electron chi connectivity index (χ2n) is 4.43. The molecule has 0 amide bonds. The minimum Gasteiger partial charge on any atom is -0.476 e. The average molecular weight is 258 g/mol. The van der Waals surface area contributed by atoms with Gasteiger partial charge in [0.05, 0.1) is 5.39 Å². The fourth-order valence-electron chi connectivity index (χ4n) is 1.84. The molecule has 0 unspecified atom stereocenters. The van der Waals surface area contributed by atoms with Crippen LogP contribution in [0.2, 0.25) is 0 Å². The third-order valence-corrected chi connectivity index (χ3v) is 2.82. The summed E-state index contributed by atoms with van der Waals surface area (Å²) in [6, 6.07) is 6.60. The molecule has 0 aliphatic rings. The number of rotatable bonds is 4. The Morgan fingerprint density at radius 2 is 2.00 bits per heavy atom.